The van der Waals surface area contributed by atoms with Crippen LogP contribution in [0.2, 0.25) is 0 Å². The fourth-order valence-corrected chi connectivity index (χ4v) is 1.45. The first-order valence-electron chi connectivity index (χ1n) is 5.76. The van der Waals surface area contributed by atoms with E-state index in [2.05, 4.69) is 5.32 Å². The Morgan fingerprint density at radius 3 is 2.65 bits per heavy atom. The summed E-state index contributed by atoms with van der Waals surface area (Å²) in [5.74, 6) is -0.0202. The van der Waals surface area contributed by atoms with Crippen LogP contribution >= 0.6 is 0 Å². The highest BCUT2D eigenvalue weighted by molar-refractivity contribution is 5.81. The molecule has 94 valence electrons. The van der Waals surface area contributed by atoms with E-state index in [9.17, 15) is 4.79 Å². The molecular formula is C13H20N2O2. The number of carbonyl (C=O) groups is 1. The number of hydrogen-bond acceptors (Lipinski definition) is 3. The Balaban J connectivity index is 2.52. The fraction of sp³-hybridized carbons (Fsp3) is 0.462. The van der Waals surface area contributed by atoms with Gasteiger partial charge in [-0.05, 0) is 17.0 Å². The standard InChI is InChI=1S/C13H20N2O2/c1-9(2)12(14)13(17)15-7-10-4-3-5-11(6-10)8-16/h3-6,9,12,16H,7-8,14H2,1-2H3,(H,15,17)/t12-/m0/s1. The largest absolute Gasteiger partial charge is 0.392 e. The second-order valence-electron chi connectivity index (χ2n) is 4.47. The summed E-state index contributed by atoms with van der Waals surface area (Å²) in [7, 11) is 0. The third-order valence-corrected chi connectivity index (χ3v) is 2.66. The van der Waals surface area contributed by atoms with Crippen LogP contribution in [0.3, 0.4) is 0 Å². The Kier molecular flexibility index (Phi) is 5.12. The SMILES string of the molecule is CC(C)[C@H](N)C(=O)NCc1cccc(CO)c1. The van der Waals surface area contributed by atoms with E-state index in [-0.39, 0.29) is 18.4 Å². The lowest BCUT2D eigenvalue weighted by atomic mass is 10.0. The smallest absolute Gasteiger partial charge is 0.237 e. The maximum atomic E-state index is 11.6. The van der Waals surface area contributed by atoms with Gasteiger partial charge in [0.25, 0.3) is 0 Å². The van der Waals surface area contributed by atoms with Gasteiger partial charge in [-0.25, -0.2) is 0 Å². The third kappa shape index (κ3) is 4.17. The molecule has 1 amide bonds. The summed E-state index contributed by atoms with van der Waals surface area (Å²) in [4.78, 5) is 11.6. The summed E-state index contributed by atoms with van der Waals surface area (Å²) in [5.41, 5.74) is 7.53. The molecule has 4 heteroatoms. The van der Waals surface area contributed by atoms with Gasteiger partial charge in [0.15, 0.2) is 0 Å². The van der Waals surface area contributed by atoms with E-state index in [1.54, 1.807) is 0 Å². The minimum atomic E-state index is -0.476. The lowest BCUT2D eigenvalue weighted by molar-refractivity contribution is -0.123. The Morgan fingerprint density at radius 2 is 2.06 bits per heavy atom. The Bertz CT molecular complexity index is 377. The van der Waals surface area contributed by atoms with E-state index in [1.807, 2.05) is 38.1 Å². The van der Waals surface area contributed by atoms with Crippen molar-refractivity contribution in [3.05, 3.63) is 35.4 Å². The van der Waals surface area contributed by atoms with Gasteiger partial charge in [-0.15, -0.1) is 0 Å². The lowest BCUT2D eigenvalue weighted by Gasteiger charge is -2.15. The molecule has 4 nitrogen and oxygen atoms in total. The minimum absolute atomic E-state index is 0.00724. The van der Waals surface area contributed by atoms with Crippen molar-refractivity contribution < 1.29 is 9.90 Å². The molecule has 1 aromatic carbocycles. The predicted octanol–water partition coefficient (Wildman–Crippen LogP) is 0.778. The van der Waals surface area contributed by atoms with Gasteiger partial charge in [0.05, 0.1) is 12.6 Å². The summed E-state index contributed by atoms with van der Waals surface area (Å²) in [5, 5.41) is 11.8. The summed E-state index contributed by atoms with van der Waals surface area (Å²) in [6.45, 7) is 4.27. The van der Waals surface area contributed by atoms with Crippen LogP contribution in [0.5, 0.6) is 0 Å². The van der Waals surface area contributed by atoms with E-state index in [0.29, 0.717) is 6.54 Å². The van der Waals surface area contributed by atoms with E-state index >= 15 is 0 Å². The maximum absolute atomic E-state index is 11.6. The van der Waals surface area contributed by atoms with E-state index in [0.717, 1.165) is 11.1 Å². The van der Waals surface area contributed by atoms with Crippen LogP contribution in [0.4, 0.5) is 0 Å². The zero-order valence-electron chi connectivity index (χ0n) is 10.3. The summed E-state index contributed by atoms with van der Waals surface area (Å²) >= 11 is 0. The number of amides is 1. The molecule has 0 aliphatic heterocycles. The number of nitrogens with one attached hydrogen (secondary N) is 1. The highest BCUT2D eigenvalue weighted by atomic mass is 16.3. The van der Waals surface area contributed by atoms with Crippen molar-refractivity contribution in [2.45, 2.75) is 33.0 Å². The van der Waals surface area contributed by atoms with Crippen LogP contribution in [-0.2, 0) is 17.9 Å². The van der Waals surface area contributed by atoms with Gasteiger partial charge in [-0.2, -0.15) is 0 Å². The first-order chi connectivity index (χ1) is 8.04. The molecule has 4 N–H and O–H groups in total. The summed E-state index contributed by atoms with van der Waals surface area (Å²) < 4.78 is 0. The Labute approximate surface area is 102 Å². The quantitative estimate of drug-likeness (QED) is 0.707. The first-order valence-corrected chi connectivity index (χ1v) is 5.76. The predicted molar refractivity (Wildman–Crippen MR) is 67.0 cm³/mol. The molecule has 0 saturated heterocycles. The van der Waals surface area contributed by atoms with Crippen LogP contribution < -0.4 is 11.1 Å². The molecule has 1 aromatic rings. The second-order valence-corrected chi connectivity index (χ2v) is 4.47. The number of hydrogen-bond donors (Lipinski definition) is 3. The van der Waals surface area contributed by atoms with Crippen LogP contribution in [-0.4, -0.2) is 17.1 Å². The molecular weight excluding hydrogens is 216 g/mol. The average Bonchev–Trinajstić information content (AvgIpc) is 2.35. The molecule has 0 aliphatic rings. The average molecular weight is 236 g/mol. The highest BCUT2D eigenvalue weighted by Gasteiger charge is 2.16. The molecule has 1 rings (SSSR count). The number of nitrogens with two attached hydrogens (primary N) is 1. The molecule has 1 atom stereocenters. The number of aliphatic hydroxyl groups is 1. The zero-order chi connectivity index (χ0) is 12.8. The normalized spacial score (nSPS) is 12.5. The van der Waals surface area contributed by atoms with Crippen molar-refractivity contribution in [2.75, 3.05) is 0 Å². The Hall–Kier alpha value is -1.39. The van der Waals surface area contributed by atoms with Gasteiger partial charge >= 0.3 is 0 Å². The summed E-state index contributed by atoms with van der Waals surface area (Å²) in [6.07, 6.45) is 0. The molecule has 0 radical (unpaired) electrons. The van der Waals surface area contributed by atoms with E-state index in [1.165, 1.54) is 0 Å². The van der Waals surface area contributed by atoms with E-state index in [4.69, 9.17) is 10.8 Å². The first kappa shape index (κ1) is 13.7. The Morgan fingerprint density at radius 1 is 1.41 bits per heavy atom. The van der Waals surface area contributed by atoms with Crippen molar-refractivity contribution in [3.63, 3.8) is 0 Å². The van der Waals surface area contributed by atoms with Crippen LogP contribution in [0.1, 0.15) is 25.0 Å². The summed E-state index contributed by atoms with van der Waals surface area (Å²) in [6, 6.07) is 6.98. The topological polar surface area (TPSA) is 75.4 Å². The van der Waals surface area contributed by atoms with Crippen molar-refractivity contribution >= 4 is 5.91 Å². The van der Waals surface area contributed by atoms with Gasteiger partial charge in [0, 0.05) is 6.54 Å². The molecule has 0 unspecified atom stereocenters. The third-order valence-electron chi connectivity index (χ3n) is 2.66. The number of benzene rings is 1. The van der Waals surface area contributed by atoms with Crippen LogP contribution in [0, 0.1) is 5.92 Å². The fourth-order valence-electron chi connectivity index (χ4n) is 1.45. The molecule has 0 aromatic heterocycles. The molecule has 0 spiro atoms. The number of rotatable bonds is 5. The highest BCUT2D eigenvalue weighted by Crippen LogP contribution is 2.05. The van der Waals surface area contributed by atoms with Gasteiger partial charge in [0.1, 0.15) is 0 Å². The van der Waals surface area contributed by atoms with Crippen LogP contribution in [0.25, 0.3) is 0 Å². The molecule has 0 heterocycles. The van der Waals surface area contributed by atoms with Crippen molar-refractivity contribution in [1.82, 2.24) is 5.32 Å². The van der Waals surface area contributed by atoms with E-state index < -0.39 is 6.04 Å². The van der Waals surface area contributed by atoms with Gasteiger partial charge < -0.3 is 16.2 Å². The second kappa shape index (κ2) is 6.37. The van der Waals surface area contributed by atoms with Crippen molar-refractivity contribution in [3.8, 4) is 0 Å². The van der Waals surface area contributed by atoms with Crippen LogP contribution in [0.15, 0.2) is 24.3 Å². The number of aliphatic hydroxyl groups excluding tert-OH is 1. The monoisotopic (exact) mass is 236 g/mol. The van der Waals surface area contributed by atoms with Gasteiger partial charge in [0.2, 0.25) is 5.91 Å². The maximum Gasteiger partial charge on any atom is 0.237 e. The molecule has 0 aliphatic carbocycles. The van der Waals surface area contributed by atoms with Crippen molar-refractivity contribution in [2.24, 2.45) is 11.7 Å². The van der Waals surface area contributed by atoms with Gasteiger partial charge in [-0.1, -0.05) is 38.1 Å². The molecule has 0 fully saturated rings. The number of carbonyl (C=O) groups excluding carboxylic acids is 1. The zero-order valence-corrected chi connectivity index (χ0v) is 10.3. The molecule has 17 heavy (non-hydrogen) atoms. The molecule has 0 bridgehead atoms. The van der Waals surface area contributed by atoms with Gasteiger partial charge in [-0.3, -0.25) is 4.79 Å². The van der Waals surface area contributed by atoms with Crippen molar-refractivity contribution in [1.29, 1.82) is 0 Å². The molecule has 0 saturated carbocycles. The minimum Gasteiger partial charge on any atom is -0.392 e. The lowest BCUT2D eigenvalue weighted by Crippen LogP contribution is -2.43.